The molecule has 1 amide bonds. The topological polar surface area (TPSA) is 205 Å². The second-order valence-corrected chi connectivity index (χ2v) is 23.1. The zero-order chi connectivity index (χ0) is 55.3. The molecule has 2 N–H and O–H groups in total. The van der Waals surface area contributed by atoms with Crippen molar-refractivity contribution in [2.75, 3.05) is 27.9 Å². The fourth-order valence-corrected chi connectivity index (χ4v) is 12.0. The Morgan fingerprint density at radius 3 is 2.28 bits per heavy atom. The molecule has 15 atom stereocenters. The van der Waals surface area contributed by atoms with Gasteiger partial charge >= 0.3 is 11.9 Å². The molecule has 4 heterocycles. The lowest BCUT2D eigenvalue weighted by Gasteiger charge is -2.42. The summed E-state index contributed by atoms with van der Waals surface area (Å²) in [6.07, 6.45) is 10.9. The first-order valence-corrected chi connectivity index (χ1v) is 28.0. The monoisotopic (exact) mass is 1070 g/mol. The molecule has 17 heteroatoms. The zero-order valence-corrected chi connectivity index (χ0v) is 47.4. The largest absolute Gasteiger partial charge is 0.460 e. The highest BCUT2D eigenvalue weighted by Crippen LogP contribution is 2.38. The molecule has 1 aliphatic carbocycles. The molecule has 1 aromatic rings. The van der Waals surface area contributed by atoms with Crippen molar-refractivity contribution in [2.24, 2.45) is 35.5 Å². The first-order valence-electron chi connectivity index (χ1n) is 27.2. The van der Waals surface area contributed by atoms with Crippen molar-refractivity contribution in [1.82, 2.24) is 4.90 Å². The molecular weight excluding hydrogens is 981 g/mol. The Kier molecular flexibility index (Phi) is 23.3. The number of amides is 1. The summed E-state index contributed by atoms with van der Waals surface area (Å²) in [7, 11) is 4.54. The van der Waals surface area contributed by atoms with Crippen molar-refractivity contribution in [3.63, 3.8) is 0 Å². The van der Waals surface area contributed by atoms with Crippen LogP contribution >= 0.6 is 11.3 Å². The van der Waals surface area contributed by atoms with Gasteiger partial charge in [-0.3, -0.25) is 19.2 Å². The molecule has 0 unspecified atom stereocenters. The number of methoxy groups -OCH3 is 3. The Balaban J connectivity index is 1.54. The maximum atomic E-state index is 14.6. The number of ether oxygens (including phenoxy) is 6. The van der Waals surface area contributed by atoms with Gasteiger partial charge in [-0.05, 0) is 114 Å². The van der Waals surface area contributed by atoms with Gasteiger partial charge in [0.15, 0.2) is 23.7 Å². The van der Waals surface area contributed by atoms with Crippen LogP contribution in [0, 0.1) is 49.4 Å². The Bertz CT molecular complexity index is 2270. The van der Waals surface area contributed by atoms with Crippen molar-refractivity contribution in [1.29, 1.82) is 0 Å². The number of carbonyl (C=O) groups excluding carboxylic acids is 6. The van der Waals surface area contributed by atoms with Gasteiger partial charge in [-0.15, -0.1) is 0 Å². The number of nitrogens with zero attached hydrogens (tertiary/aromatic N) is 2. The van der Waals surface area contributed by atoms with Crippen LogP contribution in [0.25, 0.3) is 0 Å². The third-order valence-corrected chi connectivity index (χ3v) is 17.3. The lowest BCUT2D eigenvalue weighted by molar-refractivity contribution is -0.687. The summed E-state index contributed by atoms with van der Waals surface area (Å²) in [4.78, 5) is 88.4. The van der Waals surface area contributed by atoms with Gasteiger partial charge in [0.05, 0.1) is 29.3 Å². The molecule has 418 valence electrons. The van der Waals surface area contributed by atoms with Gasteiger partial charge in [-0.1, -0.05) is 82.4 Å². The number of thiazole rings is 1. The van der Waals surface area contributed by atoms with Crippen molar-refractivity contribution in [3.05, 3.63) is 63.7 Å². The molecule has 3 fully saturated rings. The average Bonchev–Trinajstić information content (AvgIpc) is 3.69. The normalized spacial score (nSPS) is 36.5. The van der Waals surface area contributed by atoms with Crippen LogP contribution in [0.2, 0.25) is 0 Å². The quantitative estimate of drug-likeness (QED) is 0.107. The number of Topliss-reactive ketones (excluding diaryl/α,β-unsaturated/α-hetero) is 3. The average molecular weight is 1070 g/mol. The summed E-state index contributed by atoms with van der Waals surface area (Å²) in [6.45, 7) is 16.6. The van der Waals surface area contributed by atoms with E-state index in [0.717, 1.165) is 16.1 Å². The van der Waals surface area contributed by atoms with E-state index in [1.807, 2.05) is 77.4 Å². The van der Waals surface area contributed by atoms with Crippen LogP contribution in [0.1, 0.15) is 136 Å². The van der Waals surface area contributed by atoms with Crippen LogP contribution in [-0.2, 0) is 63.7 Å². The first-order chi connectivity index (χ1) is 35.5. The SMILES string of the molecule is CO[C@@H]1C[C@@H]2CC[C@@H](C)[C@@](O)(O2)C(=O)C(=O)N2CCCC[C@H]2C(=O)O[C@H]([C@H](C)C[C@@H]2CC[C@@H](O)[C@H](OC)C2)CC(=O)[C@H](C)/C=C(\C)[C@@H](OC(=O)C[n+]2csc(C)c2C)[C@@H](OC)C(=O)[C@H](C)C[C@H](C)/C=C/C=C/C=C/1C. The third-order valence-electron chi connectivity index (χ3n) is 16.3. The number of rotatable bonds is 9. The summed E-state index contributed by atoms with van der Waals surface area (Å²) < 4.78 is 37.9. The summed E-state index contributed by atoms with van der Waals surface area (Å²) >= 11 is 1.50. The van der Waals surface area contributed by atoms with Crippen molar-refractivity contribution in [3.8, 4) is 0 Å². The van der Waals surface area contributed by atoms with Crippen molar-refractivity contribution < 1.29 is 72.0 Å². The number of hydrogen-bond acceptors (Lipinski definition) is 15. The number of piperidine rings is 1. The predicted octanol–water partition coefficient (Wildman–Crippen LogP) is 7.40. The molecule has 0 aromatic carbocycles. The van der Waals surface area contributed by atoms with Gasteiger partial charge in [-0.2, -0.15) is 4.57 Å². The van der Waals surface area contributed by atoms with E-state index in [9.17, 15) is 39.0 Å². The highest BCUT2D eigenvalue weighted by atomic mass is 32.1. The van der Waals surface area contributed by atoms with E-state index in [1.165, 1.54) is 23.3 Å². The number of aliphatic hydroxyl groups excluding tert-OH is 1. The molecule has 2 bridgehead atoms. The number of carbonyl (C=O) groups is 6. The van der Waals surface area contributed by atoms with Gasteiger partial charge in [0, 0.05) is 65.4 Å². The van der Waals surface area contributed by atoms with Gasteiger partial charge < -0.3 is 43.5 Å². The standard InChI is InChI=1S/C58H87N2O14S/c1-34-18-14-13-15-19-35(2)48(69-10)30-44-23-21-40(7)58(68,74-44)55(65)56(66)60-25-17-16-20-45(60)57(67)72-49(37(4)28-43-22-24-46(61)50(29-43)70-11)31-47(62)36(3)27-39(6)53(54(71-12)52(64)38(5)26-34)73-51(63)32-59-33-75-42(9)41(59)8/h13-15,18-19,27,33-34,36-38,40,43-46,48-50,53-54,61,68H,16-17,20-26,28-32H2,1-12H3/q+1/b15-13+,18-14+,35-19+,39-27+/t34-,36-,37-,38-,40-,43+,44+,45+,46-,48-,49+,50-,53-,54+,58-/m1/s1. The van der Waals surface area contributed by atoms with Crippen LogP contribution in [0.5, 0.6) is 0 Å². The highest BCUT2D eigenvalue weighted by molar-refractivity contribution is 7.09. The molecule has 75 heavy (non-hydrogen) atoms. The first kappa shape index (κ1) is 61.6. The molecular formula is C58H87N2O14S+. The molecule has 1 aromatic heterocycles. The molecule has 5 rings (SSSR count). The molecule has 0 radical (unpaired) electrons. The number of allylic oxidation sites excluding steroid dienone is 6. The van der Waals surface area contributed by atoms with Gasteiger partial charge in [0.2, 0.25) is 17.8 Å². The van der Waals surface area contributed by atoms with E-state index in [4.69, 9.17) is 28.4 Å². The van der Waals surface area contributed by atoms with Crippen LogP contribution in [-0.4, -0.2) is 133 Å². The molecule has 0 spiro atoms. The number of ketones is 3. The Morgan fingerprint density at radius 1 is 0.880 bits per heavy atom. The summed E-state index contributed by atoms with van der Waals surface area (Å²) in [5, 5.41) is 22.6. The number of aromatic nitrogens is 1. The minimum Gasteiger partial charge on any atom is -0.460 e. The van der Waals surface area contributed by atoms with E-state index < -0.39 is 89.8 Å². The van der Waals surface area contributed by atoms with Crippen molar-refractivity contribution >= 4 is 46.5 Å². The van der Waals surface area contributed by atoms with E-state index >= 15 is 0 Å². The Morgan fingerprint density at radius 2 is 1.61 bits per heavy atom. The Hall–Kier alpha value is -4.23. The fourth-order valence-electron chi connectivity index (χ4n) is 11.2. The lowest BCUT2D eigenvalue weighted by Crippen LogP contribution is -2.61. The Labute approximate surface area is 449 Å². The van der Waals surface area contributed by atoms with Gasteiger partial charge in [0.25, 0.3) is 11.7 Å². The molecule has 2 saturated heterocycles. The minimum absolute atomic E-state index is 0.0362. The fraction of sp³-hybridized carbons (Fsp3) is 0.707. The van der Waals surface area contributed by atoms with E-state index in [2.05, 4.69) is 0 Å². The maximum absolute atomic E-state index is 14.6. The second-order valence-electron chi connectivity index (χ2n) is 22.0. The van der Waals surface area contributed by atoms with E-state index in [-0.39, 0.29) is 61.4 Å². The van der Waals surface area contributed by atoms with Crippen molar-refractivity contribution in [2.45, 2.75) is 200 Å². The predicted molar refractivity (Wildman–Crippen MR) is 283 cm³/mol. The lowest BCUT2D eigenvalue weighted by atomic mass is 9.78. The molecule has 4 aliphatic rings. The van der Waals surface area contributed by atoms with Gasteiger partial charge in [0.1, 0.15) is 17.9 Å². The van der Waals surface area contributed by atoms with Crippen LogP contribution in [0.3, 0.4) is 0 Å². The van der Waals surface area contributed by atoms with Crippen LogP contribution in [0.15, 0.2) is 53.1 Å². The smallest absolute Gasteiger partial charge is 0.373 e. The molecule has 1 saturated carbocycles. The third kappa shape index (κ3) is 16.2. The number of esters is 2. The second kappa shape index (κ2) is 28.4. The van der Waals surface area contributed by atoms with Crippen LogP contribution < -0.4 is 4.57 Å². The zero-order valence-electron chi connectivity index (χ0n) is 46.6. The highest BCUT2D eigenvalue weighted by Gasteiger charge is 2.53. The summed E-state index contributed by atoms with van der Waals surface area (Å²) in [6, 6.07) is -1.17. The number of hydrogen-bond donors (Lipinski definition) is 2. The number of aliphatic hydroxyl groups is 2. The van der Waals surface area contributed by atoms with Gasteiger partial charge in [-0.25, -0.2) is 9.59 Å². The number of aryl methyl sites for hydroxylation is 1. The van der Waals surface area contributed by atoms with E-state index in [1.54, 1.807) is 45.6 Å². The summed E-state index contributed by atoms with van der Waals surface area (Å²) in [5.41, 5.74) is 4.04. The van der Waals surface area contributed by atoms with Crippen LogP contribution in [0.4, 0.5) is 0 Å². The number of fused-ring (bicyclic) bond motifs is 3. The molecule has 16 nitrogen and oxygen atoms in total. The van der Waals surface area contributed by atoms with E-state index in [0.29, 0.717) is 69.8 Å². The minimum atomic E-state index is -2.45. The summed E-state index contributed by atoms with van der Waals surface area (Å²) in [5.74, 6) is -8.94. The maximum Gasteiger partial charge on any atom is 0.373 e. The number of cyclic esters (lactones) is 1. The molecule has 3 aliphatic heterocycles.